The zero-order chi connectivity index (χ0) is 11.5. The van der Waals surface area contributed by atoms with Crippen molar-refractivity contribution in [2.24, 2.45) is 7.05 Å². The molecule has 0 spiro atoms. The Morgan fingerprint density at radius 1 is 1.31 bits per heavy atom. The van der Waals surface area contributed by atoms with Gasteiger partial charge in [-0.1, -0.05) is 0 Å². The minimum absolute atomic E-state index is 0.240. The van der Waals surface area contributed by atoms with Crippen LogP contribution in [0.5, 0.6) is 11.5 Å². The summed E-state index contributed by atoms with van der Waals surface area (Å²) < 4.78 is 7.56. The summed E-state index contributed by atoms with van der Waals surface area (Å²) in [6.07, 6.45) is 1.80. The van der Waals surface area contributed by atoms with Crippen molar-refractivity contribution >= 4 is 0 Å². The van der Waals surface area contributed by atoms with Crippen LogP contribution in [0.3, 0.4) is 0 Å². The van der Waals surface area contributed by atoms with E-state index in [1.54, 1.807) is 30.5 Å². The molecule has 0 saturated carbocycles. The number of rotatable bonds is 3. The predicted molar refractivity (Wildman–Crippen MR) is 60.4 cm³/mol. The van der Waals surface area contributed by atoms with Crippen molar-refractivity contribution in [3.05, 3.63) is 42.0 Å². The lowest BCUT2D eigenvalue weighted by molar-refractivity contribution is 0.296. The van der Waals surface area contributed by atoms with Crippen LogP contribution in [0.1, 0.15) is 11.5 Å². The van der Waals surface area contributed by atoms with E-state index in [1.807, 2.05) is 18.5 Å². The molecule has 0 atom stereocenters. The third-order valence-electron chi connectivity index (χ3n) is 2.54. The van der Waals surface area contributed by atoms with Crippen LogP contribution in [-0.4, -0.2) is 14.7 Å². The summed E-state index contributed by atoms with van der Waals surface area (Å²) in [6.45, 7) is 2.42. The molecule has 2 aromatic rings. The molecule has 0 fully saturated rings. The number of benzene rings is 1. The summed E-state index contributed by atoms with van der Waals surface area (Å²) in [6, 6.07) is 6.67. The molecule has 2 rings (SSSR count). The fourth-order valence-corrected chi connectivity index (χ4v) is 1.38. The van der Waals surface area contributed by atoms with Crippen molar-refractivity contribution in [2.75, 3.05) is 0 Å². The molecule has 0 unspecified atom stereocenters. The van der Waals surface area contributed by atoms with Gasteiger partial charge in [-0.3, -0.25) is 0 Å². The van der Waals surface area contributed by atoms with Gasteiger partial charge in [0.1, 0.15) is 23.9 Å². The molecule has 0 amide bonds. The standard InChI is InChI=1S/C12H14N2O2/c1-9-13-7-10(14(9)2)8-16-12-5-3-11(15)4-6-12/h3-7,15H,8H2,1-2H3. The Morgan fingerprint density at radius 2 is 2.00 bits per heavy atom. The lowest BCUT2D eigenvalue weighted by Crippen LogP contribution is -2.02. The fourth-order valence-electron chi connectivity index (χ4n) is 1.38. The van der Waals surface area contributed by atoms with E-state index in [0.29, 0.717) is 6.61 Å². The zero-order valence-corrected chi connectivity index (χ0v) is 9.34. The number of aromatic nitrogens is 2. The van der Waals surface area contributed by atoms with Crippen molar-refractivity contribution in [3.63, 3.8) is 0 Å². The third kappa shape index (κ3) is 2.16. The topological polar surface area (TPSA) is 47.3 Å². The van der Waals surface area contributed by atoms with Crippen molar-refractivity contribution in [1.29, 1.82) is 0 Å². The average molecular weight is 218 g/mol. The number of ether oxygens (including phenoxy) is 1. The van der Waals surface area contributed by atoms with Gasteiger partial charge in [-0.15, -0.1) is 0 Å². The van der Waals surface area contributed by atoms with Gasteiger partial charge in [0, 0.05) is 7.05 Å². The fraction of sp³-hybridized carbons (Fsp3) is 0.250. The van der Waals surface area contributed by atoms with Crippen molar-refractivity contribution in [3.8, 4) is 11.5 Å². The third-order valence-corrected chi connectivity index (χ3v) is 2.54. The summed E-state index contributed by atoms with van der Waals surface area (Å²) in [5, 5.41) is 9.12. The Balaban J connectivity index is 2.02. The smallest absolute Gasteiger partial charge is 0.130 e. The van der Waals surface area contributed by atoms with Gasteiger partial charge in [0.25, 0.3) is 0 Å². The molecular weight excluding hydrogens is 204 g/mol. The zero-order valence-electron chi connectivity index (χ0n) is 9.34. The molecule has 0 aliphatic rings. The Kier molecular flexibility index (Phi) is 2.81. The molecule has 1 aromatic heterocycles. The summed E-state index contributed by atoms with van der Waals surface area (Å²) in [7, 11) is 1.96. The summed E-state index contributed by atoms with van der Waals surface area (Å²) in [4.78, 5) is 4.19. The van der Waals surface area contributed by atoms with Crippen LogP contribution in [0.15, 0.2) is 30.5 Å². The highest BCUT2D eigenvalue weighted by Gasteiger charge is 2.03. The van der Waals surface area contributed by atoms with E-state index in [4.69, 9.17) is 9.84 Å². The predicted octanol–water partition coefficient (Wildman–Crippen LogP) is 2.01. The molecule has 1 aromatic carbocycles. The van der Waals surface area contributed by atoms with Crippen LogP contribution in [0.2, 0.25) is 0 Å². The maximum atomic E-state index is 9.12. The lowest BCUT2D eigenvalue weighted by Gasteiger charge is -2.07. The van der Waals surface area contributed by atoms with Crippen LogP contribution in [0.25, 0.3) is 0 Å². The highest BCUT2D eigenvalue weighted by molar-refractivity contribution is 5.30. The first-order valence-corrected chi connectivity index (χ1v) is 5.06. The Labute approximate surface area is 94.1 Å². The number of imidazole rings is 1. The molecule has 0 aliphatic carbocycles. The molecule has 0 aliphatic heterocycles. The van der Waals surface area contributed by atoms with Crippen LogP contribution in [0.4, 0.5) is 0 Å². The Bertz CT molecular complexity index is 474. The van der Waals surface area contributed by atoms with Crippen LogP contribution < -0.4 is 4.74 Å². The molecule has 0 radical (unpaired) electrons. The normalized spacial score (nSPS) is 10.4. The maximum Gasteiger partial charge on any atom is 0.130 e. The van der Waals surface area contributed by atoms with Crippen LogP contribution in [0, 0.1) is 6.92 Å². The van der Waals surface area contributed by atoms with Gasteiger partial charge in [0.2, 0.25) is 0 Å². The van der Waals surface area contributed by atoms with E-state index in [0.717, 1.165) is 17.3 Å². The first kappa shape index (κ1) is 10.5. The molecule has 84 valence electrons. The van der Waals surface area contributed by atoms with Gasteiger partial charge in [0.05, 0.1) is 11.9 Å². The largest absolute Gasteiger partial charge is 0.508 e. The summed E-state index contributed by atoms with van der Waals surface area (Å²) >= 11 is 0. The number of aromatic hydroxyl groups is 1. The lowest BCUT2D eigenvalue weighted by atomic mass is 10.3. The maximum absolute atomic E-state index is 9.12. The second-order valence-electron chi connectivity index (χ2n) is 3.64. The van der Waals surface area contributed by atoms with E-state index < -0.39 is 0 Å². The monoisotopic (exact) mass is 218 g/mol. The highest BCUT2D eigenvalue weighted by Crippen LogP contribution is 2.17. The van der Waals surface area contributed by atoms with E-state index >= 15 is 0 Å². The van der Waals surface area contributed by atoms with Crippen molar-refractivity contribution in [1.82, 2.24) is 9.55 Å². The van der Waals surface area contributed by atoms with Crippen LogP contribution in [-0.2, 0) is 13.7 Å². The van der Waals surface area contributed by atoms with Gasteiger partial charge < -0.3 is 14.4 Å². The molecule has 1 N–H and O–H groups in total. The van der Waals surface area contributed by atoms with Gasteiger partial charge in [-0.2, -0.15) is 0 Å². The first-order chi connectivity index (χ1) is 7.66. The molecule has 0 saturated heterocycles. The number of aryl methyl sites for hydroxylation is 1. The SMILES string of the molecule is Cc1ncc(COc2ccc(O)cc2)n1C. The molecule has 16 heavy (non-hydrogen) atoms. The Morgan fingerprint density at radius 3 is 2.56 bits per heavy atom. The van der Waals surface area contributed by atoms with Crippen molar-refractivity contribution < 1.29 is 9.84 Å². The molecule has 4 nitrogen and oxygen atoms in total. The minimum atomic E-state index is 0.240. The van der Waals surface area contributed by atoms with Gasteiger partial charge >= 0.3 is 0 Å². The summed E-state index contributed by atoms with van der Waals surface area (Å²) in [5.74, 6) is 1.93. The van der Waals surface area contributed by atoms with Gasteiger partial charge in [-0.05, 0) is 31.2 Å². The quantitative estimate of drug-likeness (QED) is 0.857. The number of hydrogen-bond acceptors (Lipinski definition) is 3. The number of phenols is 1. The van der Waals surface area contributed by atoms with Gasteiger partial charge in [0.15, 0.2) is 0 Å². The number of phenolic OH excluding ortho intramolecular Hbond substituents is 1. The number of hydrogen-bond donors (Lipinski definition) is 1. The molecule has 4 heteroatoms. The van der Waals surface area contributed by atoms with Gasteiger partial charge in [-0.25, -0.2) is 4.98 Å². The van der Waals surface area contributed by atoms with Crippen LogP contribution >= 0.6 is 0 Å². The summed E-state index contributed by atoms with van der Waals surface area (Å²) in [5.41, 5.74) is 1.02. The average Bonchev–Trinajstić information content (AvgIpc) is 2.60. The second kappa shape index (κ2) is 4.26. The minimum Gasteiger partial charge on any atom is -0.508 e. The van der Waals surface area contributed by atoms with Crippen molar-refractivity contribution in [2.45, 2.75) is 13.5 Å². The molecular formula is C12H14N2O2. The van der Waals surface area contributed by atoms with E-state index in [2.05, 4.69) is 4.98 Å². The van der Waals surface area contributed by atoms with E-state index in [-0.39, 0.29) is 5.75 Å². The molecule has 1 heterocycles. The van der Waals surface area contributed by atoms with E-state index in [9.17, 15) is 0 Å². The first-order valence-electron chi connectivity index (χ1n) is 5.06. The second-order valence-corrected chi connectivity index (χ2v) is 3.64. The highest BCUT2D eigenvalue weighted by atomic mass is 16.5. The van der Waals surface area contributed by atoms with E-state index in [1.165, 1.54) is 0 Å². The Hall–Kier alpha value is -1.97. The molecule has 0 bridgehead atoms. The number of nitrogens with zero attached hydrogens (tertiary/aromatic N) is 2.